The Kier molecular flexibility index (Phi) is 59.9. The molecule has 3 N–H and O–H groups in total. The Bertz CT molecular complexity index is 1720. The third-order valence-corrected chi connectivity index (χ3v) is 17.9. The summed E-state index contributed by atoms with van der Waals surface area (Å²) >= 11 is 0. The van der Waals surface area contributed by atoms with E-state index in [9.17, 15) is 43.2 Å². The highest BCUT2D eigenvalue weighted by Gasteiger charge is 2.30. The number of carbonyl (C=O) groups excluding carboxylic acids is 4. The van der Waals surface area contributed by atoms with Gasteiger partial charge in [-0.3, -0.25) is 37.3 Å². The minimum absolute atomic E-state index is 0.102. The lowest BCUT2D eigenvalue weighted by Gasteiger charge is -2.21. The molecule has 5 atom stereocenters. The molecule has 0 rings (SSSR count). The first-order valence-corrected chi connectivity index (χ1v) is 39.0. The molecule has 0 radical (unpaired) electrons. The molecular weight excluding hydrogens is 1160 g/mol. The Morgan fingerprint density at radius 2 is 0.523 bits per heavy atom. The van der Waals surface area contributed by atoms with Crippen molar-refractivity contribution in [1.82, 2.24) is 0 Å². The van der Waals surface area contributed by atoms with Crippen LogP contribution in [0.2, 0.25) is 0 Å². The van der Waals surface area contributed by atoms with Crippen molar-refractivity contribution in [2.24, 2.45) is 11.8 Å². The van der Waals surface area contributed by atoms with Crippen molar-refractivity contribution in [1.29, 1.82) is 0 Å². The third kappa shape index (κ3) is 62.8. The lowest BCUT2D eigenvalue weighted by atomic mass is 10.0. The van der Waals surface area contributed by atoms with E-state index >= 15 is 0 Å². The maximum atomic E-state index is 13.0. The average molecular weight is 1300 g/mol. The standard InChI is InChI=1S/C69H134O17P2/c1-7-9-11-13-14-15-16-17-18-19-20-21-22-23-24-25-30-35-41-47-53-68(73)86-65(58-80-67(72)52-46-40-34-29-27-26-28-32-38-43-49-61(3)4)60-84-88(77,78)82-56-63(70)55-81-87(75,76)83-59-64(57-79-66(71)51-45-37-12-10-8-2)85-69(74)54-48-42-36-31-33-39-44-50-62(5)6/h61-65,70H,7-60H2,1-6H3,(H,75,76)(H,77,78)/t63-,64+,65+/m0/s1. The molecule has 0 aliphatic carbocycles. The van der Waals surface area contributed by atoms with E-state index in [1.807, 2.05) is 0 Å². The maximum absolute atomic E-state index is 13.0. The zero-order valence-corrected chi connectivity index (χ0v) is 58.8. The van der Waals surface area contributed by atoms with Gasteiger partial charge in [0.15, 0.2) is 12.2 Å². The molecule has 19 heteroatoms. The summed E-state index contributed by atoms with van der Waals surface area (Å²) in [5, 5.41) is 10.5. The van der Waals surface area contributed by atoms with E-state index < -0.39 is 97.5 Å². The van der Waals surface area contributed by atoms with Crippen LogP contribution in [0.1, 0.15) is 350 Å². The summed E-state index contributed by atoms with van der Waals surface area (Å²) in [5.74, 6) is -0.686. The topological polar surface area (TPSA) is 237 Å². The van der Waals surface area contributed by atoms with Gasteiger partial charge in [-0.1, -0.05) is 298 Å². The van der Waals surface area contributed by atoms with Gasteiger partial charge in [0.25, 0.3) is 0 Å². The minimum Gasteiger partial charge on any atom is -0.462 e. The summed E-state index contributed by atoms with van der Waals surface area (Å²) in [6.07, 6.45) is 46.5. The normalized spacial score (nSPS) is 14.2. The van der Waals surface area contributed by atoms with E-state index in [0.29, 0.717) is 31.6 Å². The predicted octanol–water partition coefficient (Wildman–Crippen LogP) is 19.6. The quantitative estimate of drug-likeness (QED) is 0.0222. The Labute approximate surface area is 537 Å². The number of hydrogen-bond donors (Lipinski definition) is 3. The number of aliphatic hydroxyl groups excluding tert-OH is 1. The molecule has 0 aromatic heterocycles. The smallest absolute Gasteiger partial charge is 0.462 e. The van der Waals surface area contributed by atoms with Gasteiger partial charge in [-0.05, 0) is 37.5 Å². The summed E-state index contributed by atoms with van der Waals surface area (Å²) in [5.41, 5.74) is 0. The number of hydrogen-bond acceptors (Lipinski definition) is 15. The Morgan fingerprint density at radius 1 is 0.307 bits per heavy atom. The van der Waals surface area contributed by atoms with Crippen molar-refractivity contribution in [2.45, 2.75) is 368 Å². The molecule has 0 aromatic carbocycles. The summed E-state index contributed by atoms with van der Waals surface area (Å²) in [4.78, 5) is 72.2. The molecule has 0 heterocycles. The van der Waals surface area contributed by atoms with Gasteiger partial charge in [-0.25, -0.2) is 9.13 Å². The van der Waals surface area contributed by atoms with Crippen molar-refractivity contribution in [3.63, 3.8) is 0 Å². The van der Waals surface area contributed by atoms with Crippen LogP contribution in [0.3, 0.4) is 0 Å². The first kappa shape index (κ1) is 86.1. The first-order valence-electron chi connectivity index (χ1n) is 36.0. The number of ether oxygens (including phenoxy) is 4. The van der Waals surface area contributed by atoms with Crippen molar-refractivity contribution in [3.8, 4) is 0 Å². The Balaban J connectivity index is 5.12. The zero-order valence-electron chi connectivity index (χ0n) is 57.0. The highest BCUT2D eigenvalue weighted by atomic mass is 31.2. The van der Waals surface area contributed by atoms with E-state index in [4.69, 9.17) is 37.0 Å². The Hall–Kier alpha value is -1.94. The van der Waals surface area contributed by atoms with Gasteiger partial charge >= 0.3 is 39.5 Å². The van der Waals surface area contributed by atoms with E-state index in [1.165, 1.54) is 161 Å². The summed E-state index contributed by atoms with van der Waals surface area (Å²) in [6.45, 7) is 9.37. The SMILES string of the molecule is CCCCCCCCCCCCCCCCCCCCCCC(=O)O[C@H](COC(=O)CCCCCCCCCCCCC(C)C)COP(=O)(O)OC[C@@H](O)COP(=O)(O)OC[C@@H](COC(=O)CCCCCCC)OC(=O)CCCCCCCCCC(C)C. The molecule has 17 nitrogen and oxygen atoms in total. The van der Waals surface area contributed by atoms with Crippen LogP contribution in [0, 0.1) is 11.8 Å². The third-order valence-electron chi connectivity index (χ3n) is 16.0. The van der Waals surface area contributed by atoms with Crippen LogP contribution in [-0.2, 0) is 65.4 Å². The highest BCUT2D eigenvalue weighted by Crippen LogP contribution is 2.45. The number of carbonyl (C=O) groups is 4. The number of phosphoric acid groups is 2. The molecule has 88 heavy (non-hydrogen) atoms. The van der Waals surface area contributed by atoms with Crippen molar-refractivity contribution in [2.75, 3.05) is 39.6 Å². The fraction of sp³-hybridized carbons (Fsp3) is 0.942. The van der Waals surface area contributed by atoms with E-state index in [2.05, 4.69) is 41.5 Å². The van der Waals surface area contributed by atoms with E-state index in [1.54, 1.807) is 0 Å². The van der Waals surface area contributed by atoms with Crippen LogP contribution < -0.4 is 0 Å². The largest absolute Gasteiger partial charge is 0.472 e. The summed E-state index contributed by atoms with van der Waals surface area (Å²) in [6, 6.07) is 0. The molecule has 0 spiro atoms. The Morgan fingerprint density at radius 3 is 0.773 bits per heavy atom. The average Bonchev–Trinajstić information content (AvgIpc) is 3.56. The van der Waals surface area contributed by atoms with Gasteiger partial charge in [0.2, 0.25) is 0 Å². The van der Waals surface area contributed by atoms with Crippen LogP contribution in [0.5, 0.6) is 0 Å². The molecule has 522 valence electrons. The molecule has 0 aliphatic heterocycles. The number of rotatable bonds is 68. The van der Waals surface area contributed by atoms with Crippen molar-refractivity contribution in [3.05, 3.63) is 0 Å². The molecule has 0 bridgehead atoms. The van der Waals surface area contributed by atoms with Crippen LogP contribution >= 0.6 is 15.6 Å². The summed E-state index contributed by atoms with van der Waals surface area (Å²) < 4.78 is 68.0. The second kappa shape index (κ2) is 61.3. The van der Waals surface area contributed by atoms with Gasteiger partial charge in [0.1, 0.15) is 19.3 Å². The number of phosphoric ester groups is 2. The van der Waals surface area contributed by atoms with Crippen LogP contribution in [0.15, 0.2) is 0 Å². The van der Waals surface area contributed by atoms with Gasteiger partial charge in [-0.2, -0.15) is 0 Å². The molecule has 0 aromatic rings. The molecule has 0 aliphatic rings. The van der Waals surface area contributed by atoms with Crippen molar-refractivity contribution < 1.29 is 80.2 Å². The lowest BCUT2D eigenvalue weighted by Crippen LogP contribution is -2.30. The number of esters is 4. The van der Waals surface area contributed by atoms with E-state index in [0.717, 1.165) is 102 Å². The van der Waals surface area contributed by atoms with E-state index in [-0.39, 0.29) is 25.7 Å². The molecule has 0 amide bonds. The van der Waals surface area contributed by atoms with Crippen LogP contribution in [-0.4, -0.2) is 96.7 Å². The zero-order chi connectivity index (χ0) is 65.0. The minimum atomic E-state index is -4.95. The monoisotopic (exact) mass is 1300 g/mol. The predicted molar refractivity (Wildman–Crippen MR) is 354 cm³/mol. The van der Waals surface area contributed by atoms with Gasteiger partial charge < -0.3 is 33.8 Å². The molecular formula is C69H134O17P2. The fourth-order valence-electron chi connectivity index (χ4n) is 10.4. The van der Waals surface area contributed by atoms with Crippen LogP contribution in [0.25, 0.3) is 0 Å². The van der Waals surface area contributed by atoms with Gasteiger partial charge in [0.05, 0.1) is 26.4 Å². The molecule has 0 saturated heterocycles. The lowest BCUT2D eigenvalue weighted by molar-refractivity contribution is -0.161. The first-order chi connectivity index (χ1) is 42.4. The summed E-state index contributed by atoms with van der Waals surface area (Å²) in [7, 11) is -9.89. The van der Waals surface area contributed by atoms with Gasteiger partial charge in [0, 0.05) is 25.7 Å². The second-order valence-electron chi connectivity index (χ2n) is 25.9. The maximum Gasteiger partial charge on any atom is 0.472 e. The van der Waals surface area contributed by atoms with Crippen molar-refractivity contribution >= 4 is 39.5 Å². The number of aliphatic hydroxyl groups is 1. The second-order valence-corrected chi connectivity index (χ2v) is 28.8. The number of unbranched alkanes of at least 4 members (excludes halogenated alkanes) is 38. The highest BCUT2D eigenvalue weighted by molar-refractivity contribution is 7.47. The fourth-order valence-corrected chi connectivity index (χ4v) is 12.0. The van der Waals surface area contributed by atoms with Gasteiger partial charge in [-0.15, -0.1) is 0 Å². The van der Waals surface area contributed by atoms with Crippen LogP contribution in [0.4, 0.5) is 0 Å². The molecule has 0 saturated carbocycles. The molecule has 0 fully saturated rings. The molecule has 2 unspecified atom stereocenters.